The highest BCUT2D eigenvalue weighted by atomic mass is 16.4. The second-order valence-corrected chi connectivity index (χ2v) is 6.96. The van der Waals surface area contributed by atoms with Crippen molar-refractivity contribution in [1.29, 1.82) is 0 Å². The molecule has 1 aromatic heterocycles. The fraction of sp³-hybridized carbons (Fsp3) is 0.174. The van der Waals surface area contributed by atoms with Crippen LogP contribution in [0.25, 0.3) is 5.57 Å². The van der Waals surface area contributed by atoms with Gasteiger partial charge in [0.1, 0.15) is 14.1 Å². The number of carboxylic acid groups (broad SMARTS) is 1. The number of anilines is 1. The van der Waals surface area contributed by atoms with Gasteiger partial charge in [0, 0.05) is 43.7 Å². The summed E-state index contributed by atoms with van der Waals surface area (Å²) in [4.78, 5) is 18.3. The molecule has 1 aromatic carbocycles. The lowest BCUT2D eigenvalue weighted by Gasteiger charge is -2.17. The van der Waals surface area contributed by atoms with Crippen molar-refractivity contribution >= 4 is 22.9 Å². The molecule has 1 aliphatic rings. The topological polar surface area (TPSA) is 56.4 Å². The first-order chi connectivity index (χ1) is 13.4. The van der Waals surface area contributed by atoms with Gasteiger partial charge in [-0.2, -0.15) is 0 Å². The molecular formula is C23H24N3O2+. The number of rotatable bonds is 4. The number of hydrogen-bond donors (Lipinski definition) is 1. The lowest BCUT2D eigenvalue weighted by atomic mass is 9.91. The van der Waals surface area contributed by atoms with Gasteiger partial charge in [0.15, 0.2) is 5.71 Å². The van der Waals surface area contributed by atoms with Crippen LogP contribution in [0.3, 0.4) is 0 Å². The molecule has 142 valence electrons. The van der Waals surface area contributed by atoms with E-state index in [1.165, 1.54) is 0 Å². The number of benzene rings is 1. The molecule has 0 radical (unpaired) electrons. The molecule has 1 aliphatic carbocycles. The zero-order valence-electron chi connectivity index (χ0n) is 16.5. The van der Waals surface area contributed by atoms with E-state index in [9.17, 15) is 9.90 Å². The van der Waals surface area contributed by atoms with Gasteiger partial charge >= 0.3 is 5.97 Å². The molecule has 3 rings (SSSR count). The lowest BCUT2D eigenvalue weighted by molar-refractivity contribution is -0.462. The number of pyridine rings is 1. The van der Waals surface area contributed by atoms with Crippen LogP contribution in [0.2, 0.25) is 0 Å². The van der Waals surface area contributed by atoms with E-state index in [4.69, 9.17) is 0 Å². The van der Waals surface area contributed by atoms with Gasteiger partial charge in [-0.05, 0) is 47.6 Å². The van der Waals surface area contributed by atoms with Crippen LogP contribution >= 0.6 is 0 Å². The first-order valence-electron chi connectivity index (χ1n) is 8.99. The van der Waals surface area contributed by atoms with Crippen molar-refractivity contribution in [3.8, 4) is 0 Å². The van der Waals surface area contributed by atoms with Crippen molar-refractivity contribution in [2.45, 2.75) is 0 Å². The van der Waals surface area contributed by atoms with Crippen molar-refractivity contribution in [2.75, 3.05) is 33.1 Å². The summed E-state index contributed by atoms with van der Waals surface area (Å²) in [5, 5.41) is 9.68. The molecule has 0 bridgehead atoms. The fourth-order valence-electron chi connectivity index (χ4n) is 3.07. The summed E-state index contributed by atoms with van der Waals surface area (Å²) in [5.41, 5.74) is 5.44. The first-order valence-corrected chi connectivity index (χ1v) is 8.99. The van der Waals surface area contributed by atoms with Crippen molar-refractivity contribution < 1.29 is 14.5 Å². The molecule has 5 heteroatoms. The van der Waals surface area contributed by atoms with Crippen LogP contribution in [0.4, 0.5) is 5.69 Å². The molecule has 2 aromatic rings. The van der Waals surface area contributed by atoms with E-state index in [0.717, 1.165) is 28.1 Å². The molecule has 0 atom stereocenters. The Bertz CT molecular complexity index is 1000. The van der Waals surface area contributed by atoms with Gasteiger partial charge in [-0.25, -0.2) is 9.37 Å². The molecule has 5 nitrogen and oxygen atoms in total. The highest BCUT2D eigenvalue weighted by molar-refractivity contribution is 6.04. The summed E-state index contributed by atoms with van der Waals surface area (Å²) >= 11 is 0. The largest absolute Gasteiger partial charge is 0.478 e. The van der Waals surface area contributed by atoms with E-state index >= 15 is 0 Å². The predicted molar refractivity (Wildman–Crippen MR) is 113 cm³/mol. The second kappa shape index (κ2) is 8.05. The van der Waals surface area contributed by atoms with Gasteiger partial charge in [-0.1, -0.05) is 12.1 Å². The van der Waals surface area contributed by atoms with Gasteiger partial charge in [0.2, 0.25) is 0 Å². The van der Waals surface area contributed by atoms with Crippen LogP contribution < -0.4 is 4.90 Å². The summed E-state index contributed by atoms with van der Waals surface area (Å²) in [6.45, 7) is 0. The number of hydrogen-bond acceptors (Lipinski definition) is 3. The predicted octanol–water partition coefficient (Wildman–Crippen LogP) is 3.49. The van der Waals surface area contributed by atoms with Crippen LogP contribution in [0.5, 0.6) is 0 Å². The quantitative estimate of drug-likeness (QED) is 0.833. The van der Waals surface area contributed by atoms with Gasteiger partial charge < -0.3 is 10.0 Å². The van der Waals surface area contributed by atoms with Crippen molar-refractivity contribution in [3.63, 3.8) is 0 Å². The SMILES string of the molecule is CN(C)c1ccc(C(=C2C=CC(=[N+](C)C)C=C2)c2ncccc2C(=O)O)cc1. The Morgan fingerprint density at radius 3 is 2.18 bits per heavy atom. The molecule has 0 spiro atoms. The smallest absolute Gasteiger partial charge is 0.337 e. The minimum atomic E-state index is -0.990. The third-order valence-corrected chi connectivity index (χ3v) is 4.62. The average molecular weight is 374 g/mol. The van der Waals surface area contributed by atoms with E-state index in [-0.39, 0.29) is 5.56 Å². The maximum Gasteiger partial charge on any atom is 0.337 e. The Kier molecular flexibility index (Phi) is 5.54. The molecule has 0 saturated heterocycles. The van der Waals surface area contributed by atoms with E-state index in [2.05, 4.69) is 4.98 Å². The van der Waals surface area contributed by atoms with Gasteiger partial charge in [0.05, 0.1) is 11.3 Å². The molecule has 0 fully saturated rings. The minimum absolute atomic E-state index is 0.186. The third kappa shape index (κ3) is 3.93. The number of allylic oxidation sites excluding steroid dienone is 5. The van der Waals surface area contributed by atoms with Crippen molar-refractivity contribution in [3.05, 3.63) is 89.3 Å². The minimum Gasteiger partial charge on any atom is -0.478 e. The lowest BCUT2D eigenvalue weighted by Crippen LogP contribution is -2.11. The number of carboxylic acids is 1. The maximum absolute atomic E-state index is 11.8. The number of carbonyl (C=O) groups is 1. The molecule has 0 amide bonds. The summed E-state index contributed by atoms with van der Waals surface area (Å²) in [7, 11) is 7.95. The Balaban J connectivity index is 2.23. The standard InChI is InChI=1S/C23H23N3O2/c1-25(2)18-11-7-16(8-12-18)21(17-9-13-19(14-10-17)26(3)4)22-20(23(27)28)6-5-15-24-22/h5-15H,1-4H3/p+1. The molecule has 0 saturated carbocycles. The monoisotopic (exact) mass is 374 g/mol. The fourth-order valence-corrected chi connectivity index (χ4v) is 3.07. The zero-order valence-corrected chi connectivity index (χ0v) is 16.5. The Morgan fingerprint density at radius 1 is 1.00 bits per heavy atom. The number of aromatic nitrogens is 1. The van der Waals surface area contributed by atoms with Gasteiger partial charge in [-0.3, -0.25) is 4.98 Å². The van der Waals surface area contributed by atoms with E-state index in [0.29, 0.717) is 5.69 Å². The normalized spacial score (nSPS) is 12.9. The summed E-state index contributed by atoms with van der Waals surface area (Å²) in [6.07, 6.45) is 9.68. The average Bonchev–Trinajstić information content (AvgIpc) is 2.69. The van der Waals surface area contributed by atoms with E-state index in [1.807, 2.05) is 86.2 Å². The maximum atomic E-state index is 11.8. The highest BCUT2D eigenvalue weighted by Gasteiger charge is 2.20. The summed E-state index contributed by atoms with van der Waals surface area (Å²) < 4.78 is 2.03. The number of aromatic carboxylic acids is 1. The molecule has 0 aliphatic heterocycles. The Labute approximate surface area is 165 Å². The second-order valence-electron chi connectivity index (χ2n) is 6.96. The van der Waals surface area contributed by atoms with Crippen LogP contribution in [0, 0.1) is 0 Å². The third-order valence-electron chi connectivity index (χ3n) is 4.62. The van der Waals surface area contributed by atoms with Crippen LogP contribution in [0.15, 0.2) is 72.5 Å². The summed E-state index contributed by atoms with van der Waals surface area (Å²) in [6, 6.07) is 11.3. The van der Waals surface area contributed by atoms with E-state index in [1.54, 1.807) is 18.3 Å². The molecule has 1 N–H and O–H groups in total. The summed E-state index contributed by atoms with van der Waals surface area (Å²) in [5.74, 6) is -0.990. The van der Waals surface area contributed by atoms with E-state index < -0.39 is 5.97 Å². The molecular weight excluding hydrogens is 350 g/mol. The molecule has 0 unspecified atom stereocenters. The van der Waals surface area contributed by atoms with Crippen molar-refractivity contribution in [1.82, 2.24) is 4.98 Å². The molecule has 28 heavy (non-hydrogen) atoms. The molecule has 1 heterocycles. The highest BCUT2D eigenvalue weighted by Crippen LogP contribution is 2.31. The van der Waals surface area contributed by atoms with Crippen molar-refractivity contribution in [2.24, 2.45) is 0 Å². The van der Waals surface area contributed by atoms with Crippen LogP contribution in [-0.4, -0.2) is 54.5 Å². The van der Waals surface area contributed by atoms with Crippen LogP contribution in [0.1, 0.15) is 21.6 Å². The first kappa shape index (κ1) is 19.3. The Hall–Kier alpha value is -3.47. The van der Waals surface area contributed by atoms with Gasteiger partial charge in [-0.15, -0.1) is 0 Å². The number of nitrogens with zero attached hydrogens (tertiary/aromatic N) is 3. The van der Waals surface area contributed by atoms with Crippen LogP contribution in [-0.2, 0) is 0 Å². The van der Waals surface area contributed by atoms with Gasteiger partial charge in [0.25, 0.3) is 0 Å². The Morgan fingerprint density at radius 2 is 1.64 bits per heavy atom. The zero-order chi connectivity index (χ0) is 20.3.